The molecule has 0 radical (unpaired) electrons. The second-order valence-electron chi connectivity index (χ2n) is 6.18. The monoisotopic (exact) mass is 279 g/mol. The van der Waals surface area contributed by atoms with Crippen molar-refractivity contribution in [3.63, 3.8) is 0 Å². The minimum absolute atomic E-state index is 0.187. The fourth-order valence-corrected chi connectivity index (χ4v) is 1.98. The Hall–Kier alpha value is -1.06. The summed E-state index contributed by atoms with van der Waals surface area (Å²) in [4.78, 5) is 0. The SMILES string of the molecule is COCCCNCCOc1ccc(C(C)(C)C)cc1C. The van der Waals surface area contributed by atoms with Crippen LogP contribution in [0.3, 0.4) is 0 Å². The van der Waals surface area contributed by atoms with Crippen molar-refractivity contribution in [2.24, 2.45) is 0 Å². The Morgan fingerprint density at radius 3 is 2.45 bits per heavy atom. The number of ether oxygens (including phenoxy) is 2. The van der Waals surface area contributed by atoms with E-state index < -0.39 is 0 Å². The molecule has 1 aromatic carbocycles. The molecule has 0 atom stereocenters. The molecule has 0 aliphatic heterocycles. The molecule has 0 unspecified atom stereocenters. The Balaban J connectivity index is 2.34. The third-order valence-corrected chi connectivity index (χ3v) is 3.28. The highest BCUT2D eigenvalue weighted by molar-refractivity contribution is 5.38. The van der Waals surface area contributed by atoms with Crippen molar-refractivity contribution < 1.29 is 9.47 Å². The zero-order chi connectivity index (χ0) is 15.0. The maximum Gasteiger partial charge on any atom is 0.122 e. The third-order valence-electron chi connectivity index (χ3n) is 3.28. The van der Waals surface area contributed by atoms with E-state index in [1.807, 2.05) is 0 Å². The van der Waals surface area contributed by atoms with E-state index in [2.05, 4.69) is 51.2 Å². The summed E-state index contributed by atoms with van der Waals surface area (Å²) in [6.45, 7) is 12.1. The minimum atomic E-state index is 0.187. The van der Waals surface area contributed by atoms with Crippen LogP contribution in [0.25, 0.3) is 0 Å². The van der Waals surface area contributed by atoms with Crippen molar-refractivity contribution in [2.45, 2.75) is 39.5 Å². The van der Waals surface area contributed by atoms with E-state index in [0.717, 1.165) is 31.9 Å². The van der Waals surface area contributed by atoms with Crippen LogP contribution in [0.1, 0.15) is 38.3 Å². The average molecular weight is 279 g/mol. The first-order chi connectivity index (χ1) is 9.45. The average Bonchev–Trinajstić information content (AvgIpc) is 2.38. The van der Waals surface area contributed by atoms with Gasteiger partial charge in [-0.3, -0.25) is 0 Å². The zero-order valence-corrected chi connectivity index (χ0v) is 13.6. The van der Waals surface area contributed by atoms with E-state index in [4.69, 9.17) is 9.47 Å². The van der Waals surface area contributed by atoms with E-state index in [1.54, 1.807) is 7.11 Å². The Kier molecular flexibility index (Phi) is 7.03. The van der Waals surface area contributed by atoms with Crippen LogP contribution in [0.2, 0.25) is 0 Å². The highest BCUT2D eigenvalue weighted by Gasteiger charge is 2.14. The number of rotatable bonds is 8. The smallest absolute Gasteiger partial charge is 0.122 e. The second-order valence-corrected chi connectivity index (χ2v) is 6.18. The van der Waals surface area contributed by atoms with Crippen molar-refractivity contribution >= 4 is 0 Å². The van der Waals surface area contributed by atoms with Crippen molar-refractivity contribution in [1.29, 1.82) is 0 Å². The first kappa shape index (κ1) is 17.0. The van der Waals surface area contributed by atoms with Crippen molar-refractivity contribution in [2.75, 3.05) is 33.4 Å². The largest absolute Gasteiger partial charge is 0.492 e. The fraction of sp³-hybridized carbons (Fsp3) is 0.647. The van der Waals surface area contributed by atoms with Crippen molar-refractivity contribution in [3.8, 4) is 5.75 Å². The quantitative estimate of drug-likeness (QED) is 0.741. The summed E-state index contributed by atoms with van der Waals surface area (Å²) in [6, 6.07) is 6.47. The van der Waals surface area contributed by atoms with Gasteiger partial charge in [0.15, 0.2) is 0 Å². The maximum atomic E-state index is 5.82. The first-order valence-electron chi connectivity index (χ1n) is 7.38. The molecule has 0 spiro atoms. The normalized spacial score (nSPS) is 11.7. The summed E-state index contributed by atoms with van der Waals surface area (Å²) in [7, 11) is 1.73. The van der Waals surface area contributed by atoms with Gasteiger partial charge in [-0.05, 0) is 42.5 Å². The lowest BCUT2D eigenvalue weighted by Crippen LogP contribution is -2.23. The molecule has 0 heterocycles. The van der Waals surface area contributed by atoms with Crippen LogP contribution in [-0.4, -0.2) is 33.4 Å². The molecule has 1 N–H and O–H groups in total. The predicted octanol–water partition coefficient (Wildman–Crippen LogP) is 3.30. The lowest BCUT2D eigenvalue weighted by Gasteiger charge is -2.20. The number of hydrogen-bond acceptors (Lipinski definition) is 3. The van der Waals surface area contributed by atoms with Gasteiger partial charge < -0.3 is 14.8 Å². The molecule has 20 heavy (non-hydrogen) atoms. The predicted molar refractivity (Wildman–Crippen MR) is 84.7 cm³/mol. The molecule has 3 heteroatoms. The number of benzene rings is 1. The highest BCUT2D eigenvalue weighted by atomic mass is 16.5. The van der Waals surface area contributed by atoms with Crippen LogP contribution in [0, 0.1) is 6.92 Å². The molecule has 0 aromatic heterocycles. The molecule has 114 valence electrons. The first-order valence-corrected chi connectivity index (χ1v) is 7.38. The molecule has 0 saturated heterocycles. The highest BCUT2D eigenvalue weighted by Crippen LogP contribution is 2.27. The number of methoxy groups -OCH3 is 1. The van der Waals surface area contributed by atoms with Crippen LogP contribution in [-0.2, 0) is 10.2 Å². The number of hydrogen-bond donors (Lipinski definition) is 1. The fourth-order valence-electron chi connectivity index (χ4n) is 1.98. The topological polar surface area (TPSA) is 30.5 Å². The van der Waals surface area contributed by atoms with Crippen LogP contribution in [0.15, 0.2) is 18.2 Å². The molecular weight excluding hydrogens is 250 g/mol. The summed E-state index contributed by atoms with van der Waals surface area (Å²) in [5, 5.41) is 3.34. The molecule has 3 nitrogen and oxygen atoms in total. The summed E-state index contributed by atoms with van der Waals surface area (Å²) in [5.74, 6) is 0.983. The van der Waals surface area contributed by atoms with Crippen LogP contribution >= 0.6 is 0 Å². The third kappa shape index (κ3) is 5.93. The van der Waals surface area contributed by atoms with Crippen molar-refractivity contribution in [1.82, 2.24) is 5.32 Å². The second kappa shape index (κ2) is 8.28. The lowest BCUT2D eigenvalue weighted by molar-refractivity contribution is 0.193. The van der Waals surface area contributed by atoms with Gasteiger partial charge >= 0.3 is 0 Å². The van der Waals surface area contributed by atoms with Gasteiger partial charge in [-0.15, -0.1) is 0 Å². The van der Waals surface area contributed by atoms with Gasteiger partial charge in [-0.25, -0.2) is 0 Å². The van der Waals surface area contributed by atoms with Gasteiger partial charge in [0.2, 0.25) is 0 Å². The van der Waals surface area contributed by atoms with Gasteiger partial charge in [0.1, 0.15) is 12.4 Å². The van der Waals surface area contributed by atoms with Crippen LogP contribution in [0.4, 0.5) is 0 Å². The van der Waals surface area contributed by atoms with E-state index in [1.165, 1.54) is 11.1 Å². The summed E-state index contributed by atoms with van der Waals surface area (Å²) >= 11 is 0. The molecule has 0 saturated carbocycles. The van der Waals surface area contributed by atoms with Crippen LogP contribution in [0.5, 0.6) is 5.75 Å². The van der Waals surface area contributed by atoms with E-state index in [9.17, 15) is 0 Å². The molecule has 0 amide bonds. The molecule has 1 rings (SSSR count). The molecule has 0 bridgehead atoms. The molecule has 0 aliphatic rings. The summed E-state index contributed by atoms with van der Waals surface area (Å²) < 4.78 is 10.8. The van der Waals surface area contributed by atoms with Gasteiger partial charge in [0.25, 0.3) is 0 Å². The molecular formula is C17H29NO2. The summed E-state index contributed by atoms with van der Waals surface area (Å²) in [5.41, 5.74) is 2.74. The van der Waals surface area contributed by atoms with Gasteiger partial charge in [0, 0.05) is 20.3 Å². The molecule has 0 aliphatic carbocycles. The Labute approximate surface area is 123 Å². The lowest BCUT2D eigenvalue weighted by atomic mass is 9.86. The Bertz CT molecular complexity index is 396. The van der Waals surface area contributed by atoms with E-state index in [-0.39, 0.29) is 5.41 Å². The Morgan fingerprint density at radius 2 is 1.85 bits per heavy atom. The van der Waals surface area contributed by atoms with Crippen LogP contribution < -0.4 is 10.1 Å². The standard InChI is InChI=1S/C17H29NO2/c1-14-13-15(17(2,3)4)7-8-16(14)20-12-10-18-9-6-11-19-5/h7-8,13,18H,6,9-12H2,1-5H3. The van der Waals surface area contributed by atoms with Gasteiger partial charge in [0.05, 0.1) is 0 Å². The number of aryl methyl sites for hydroxylation is 1. The maximum absolute atomic E-state index is 5.82. The Morgan fingerprint density at radius 1 is 1.10 bits per heavy atom. The molecule has 0 fully saturated rings. The van der Waals surface area contributed by atoms with E-state index >= 15 is 0 Å². The van der Waals surface area contributed by atoms with Gasteiger partial charge in [-0.2, -0.15) is 0 Å². The number of nitrogens with one attached hydrogen (secondary N) is 1. The van der Waals surface area contributed by atoms with Gasteiger partial charge in [-0.1, -0.05) is 32.9 Å². The van der Waals surface area contributed by atoms with E-state index in [0.29, 0.717) is 6.61 Å². The summed E-state index contributed by atoms with van der Waals surface area (Å²) in [6.07, 6.45) is 1.04. The zero-order valence-electron chi connectivity index (χ0n) is 13.6. The molecule has 1 aromatic rings. The minimum Gasteiger partial charge on any atom is -0.492 e. The van der Waals surface area contributed by atoms with Crippen molar-refractivity contribution in [3.05, 3.63) is 29.3 Å².